The van der Waals surface area contributed by atoms with E-state index in [9.17, 15) is 47.9 Å². The van der Waals surface area contributed by atoms with Crippen LogP contribution in [-0.2, 0) is 105 Å². The lowest BCUT2D eigenvalue weighted by atomic mass is 9.96. The van der Waals surface area contributed by atoms with E-state index < -0.39 is 152 Å². The van der Waals surface area contributed by atoms with Gasteiger partial charge in [0.25, 0.3) is 0 Å². The Hall–Kier alpha value is -5.66. The van der Waals surface area contributed by atoms with E-state index in [2.05, 4.69) is 10.6 Å². The minimum Gasteiger partial charge on any atom is -0.463 e. The number of alkyl carbamates (subject to hydrolysis) is 1. The molecule has 0 aromatic rings. The van der Waals surface area contributed by atoms with E-state index in [1.165, 1.54) is 0 Å². The molecule has 0 spiro atoms. The molecule has 25 nitrogen and oxygen atoms in total. The van der Waals surface area contributed by atoms with E-state index in [4.69, 9.17) is 61.6 Å². The highest BCUT2D eigenvalue weighted by Gasteiger charge is 2.57. The third kappa shape index (κ3) is 21.2. The second-order valence-electron chi connectivity index (χ2n) is 17.2. The molecule has 0 aromatic carbocycles. The summed E-state index contributed by atoms with van der Waals surface area (Å²) in [4.78, 5) is 125. The van der Waals surface area contributed by atoms with Gasteiger partial charge in [-0.1, -0.05) is 0 Å². The van der Waals surface area contributed by atoms with Gasteiger partial charge in [0.2, 0.25) is 5.91 Å². The lowest BCUT2D eigenvalue weighted by Gasteiger charge is -2.48. The highest BCUT2D eigenvalue weighted by molar-refractivity contribution is 5.83. The molecule has 2 saturated heterocycles. The molecule has 2 amide bonds. The third-order valence-corrected chi connectivity index (χ3v) is 8.63. The van der Waals surface area contributed by atoms with Crippen molar-refractivity contribution in [2.45, 2.75) is 182 Å². The van der Waals surface area contributed by atoms with E-state index in [-0.39, 0.29) is 26.0 Å². The predicted molar refractivity (Wildman–Crippen MR) is 220 cm³/mol. The van der Waals surface area contributed by atoms with Crippen molar-refractivity contribution in [1.29, 1.82) is 0 Å². The van der Waals surface area contributed by atoms with Crippen molar-refractivity contribution in [3.63, 3.8) is 0 Å². The highest BCUT2D eigenvalue weighted by Crippen LogP contribution is 2.35. The van der Waals surface area contributed by atoms with Gasteiger partial charge < -0.3 is 72.2 Å². The monoisotopic (exact) mass is 964 g/mol. The van der Waals surface area contributed by atoms with Gasteiger partial charge in [-0.25, -0.2) is 9.59 Å². The van der Waals surface area contributed by atoms with Crippen molar-refractivity contribution in [1.82, 2.24) is 10.6 Å². The molecule has 2 aliphatic rings. The van der Waals surface area contributed by atoms with Crippen LogP contribution in [0.4, 0.5) is 4.79 Å². The Morgan fingerprint density at radius 1 is 0.522 bits per heavy atom. The number of nitrogens with one attached hydrogen (secondary N) is 2. The number of carbonyl (C=O) groups excluding carboxylic acids is 10. The topological polar surface area (TPSA) is 315 Å². The van der Waals surface area contributed by atoms with Crippen LogP contribution in [0.25, 0.3) is 0 Å². The third-order valence-electron chi connectivity index (χ3n) is 8.63. The number of carbonyl (C=O) groups is 10. The van der Waals surface area contributed by atoms with Crippen molar-refractivity contribution in [3.8, 4) is 0 Å². The number of rotatable bonds is 20. The van der Waals surface area contributed by atoms with Crippen molar-refractivity contribution < 1.29 is 110 Å². The average Bonchev–Trinajstić information content (AvgIpc) is 3.15. The van der Waals surface area contributed by atoms with Gasteiger partial charge >= 0.3 is 53.8 Å². The molecule has 2 heterocycles. The smallest absolute Gasteiger partial charge is 0.408 e. The normalized spacial score (nSPS) is 25.4. The second-order valence-corrected chi connectivity index (χ2v) is 17.2. The van der Waals surface area contributed by atoms with Crippen molar-refractivity contribution in [3.05, 3.63) is 0 Å². The maximum atomic E-state index is 13.0. The summed E-state index contributed by atoms with van der Waals surface area (Å²) in [6, 6.07) is -1.26. The van der Waals surface area contributed by atoms with Gasteiger partial charge in [0.1, 0.15) is 48.8 Å². The fourth-order valence-corrected chi connectivity index (χ4v) is 6.41. The van der Waals surface area contributed by atoms with E-state index in [0.717, 1.165) is 48.5 Å². The maximum Gasteiger partial charge on any atom is 0.408 e. The van der Waals surface area contributed by atoms with Gasteiger partial charge in [-0.3, -0.25) is 38.4 Å². The number of esters is 8. The Balaban J connectivity index is 2.47. The van der Waals surface area contributed by atoms with E-state index in [1.807, 2.05) is 0 Å². The summed E-state index contributed by atoms with van der Waals surface area (Å²) >= 11 is 0. The van der Waals surface area contributed by atoms with Crippen LogP contribution in [0.5, 0.6) is 0 Å². The Bertz CT molecular complexity index is 1770. The molecule has 0 saturated carbocycles. The van der Waals surface area contributed by atoms with E-state index >= 15 is 0 Å². The fraction of sp³-hybridized carbons (Fsp3) is 0.762. The Morgan fingerprint density at radius 2 is 0.940 bits per heavy atom. The average molecular weight is 965 g/mol. The Morgan fingerprint density at radius 3 is 1.40 bits per heavy atom. The summed E-state index contributed by atoms with van der Waals surface area (Å²) in [7, 11) is 0. The van der Waals surface area contributed by atoms with Crippen LogP contribution >= 0.6 is 0 Å². The van der Waals surface area contributed by atoms with Crippen LogP contribution < -0.4 is 10.6 Å². The first kappa shape index (κ1) is 57.5. The van der Waals surface area contributed by atoms with Gasteiger partial charge in [0, 0.05) is 61.4 Å². The fourth-order valence-electron chi connectivity index (χ4n) is 6.41. The van der Waals surface area contributed by atoms with Crippen LogP contribution in [0.2, 0.25) is 0 Å². The number of hydrogen-bond acceptors (Lipinski definition) is 23. The van der Waals surface area contributed by atoms with Gasteiger partial charge in [0.05, 0.1) is 6.61 Å². The largest absolute Gasteiger partial charge is 0.463 e. The van der Waals surface area contributed by atoms with Gasteiger partial charge in [-0.15, -0.1) is 0 Å². The second kappa shape index (κ2) is 26.0. The first-order valence-corrected chi connectivity index (χ1v) is 21.2. The summed E-state index contributed by atoms with van der Waals surface area (Å²) in [5, 5.41) is 5.01. The minimum absolute atomic E-state index is 0.191. The molecule has 11 atom stereocenters. The maximum absolute atomic E-state index is 13.0. The quantitative estimate of drug-likeness (QED) is 0.0966. The standard InChI is InChI=1S/C42H64N2O23/c1-20(45)56-18-28-31(58-22(3)47)33(59-23(4)48)36(62-26(7)51)39(64-28)65-32-29(19-57-21(2)46)63-38(35(61-25(6)50)34(32)60-24(5)49)55-17-16-43-30(52)15-14-27(37(53)66-41(8,9)10)44-40(54)67-42(11,12)13/h27-29,31-36,38-39H,14-19H2,1-13H3,(H,43,52)(H,44,54)/t27-,28+,29+,31+,32+,33-,34-,35+,36+,38+,39-/m0/s1. The summed E-state index contributed by atoms with van der Waals surface area (Å²) < 4.78 is 73.0. The molecule has 67 heavy (non-hydrogen) atoms. The van der Waals surface area contributed by atoms with Crippen molar-refractivity contribution >= 4 is 59.8 Å². The first-order chi connectivity index (χ1) is 31.0. The molecule has 0 bridgehead atoms. The molecule has 25 heteroatoms. The van der Waals surface area contributed by atoms with Crippen LogP contribution in [0, 0.1) is 0 Å². The van der Waals surface area contributed by atoms with Crippen LogP contribution in [0.1, 0.15) is 103 Å². The molecular weight excluding hydrogens is 900 g/mol. The zero-order valence-electron chi connectivity index (χ0n) is 40.0. The SMILES string of the molecule is CC(=O)OC[C@H]1O[C@@H](O[C@H]2[C@H](OC(C)=O)[C@@H](OC(C)=O)[C@H](OCCNC(=O)CC[C@H](NC(=O)OC(C)(C)C)C(=O)OC(C)(C)C)O[C@@H]2COC(C)=O)[C@H](OC(C)=O)[C@@H](OC(C)=O)[C@@H]1OC(C)=O. The molecule has 2 rings (SSSR count). The lowest BCUT2D eigenvalue weighted by molar-refractivity contribution is -0.361. The molecule has 0 aliphatic carbocycles. The first-order valence-electron chi connectivity index (χ1n) is 21.2. The zero-order chi connectivity index (χ0) is 51.0. The molecule has 2 N–H and O–H groups in total. The number of hydrogen-bond donors (Lipinski definition) is 2. The van der Waals surface area contributed by atoms with Crippen LogP contribution in [-0.4, -0.2) is 165 Å². The molecule has 2 aliphatic heterocycles. The van der Waals surface area contributed by atoms with E-state index in [1.54, 1.807) is 41.5 Å². The minimum atomic E-state index is -1.88. The molecule has 380 valence electrons. The predicted octanol–water partition coefficient (Wildman–Crippen LogP) is 0.754. The van der Waals surface area contributed by atoms with Gasteiger partial charge in [0.15, 0.2) is 43.1 Å². The summed E-state index contributed by atoms with van der Waals surface area (Å²) in [6.45, 7) is 15.1. The highest BCUT2D eigenvalue weighted by atomic mass is 16.8. The lowest BCUT2D eigenvalue weighted by Crippen LogP contribution is -2.67. The summed E-state index contributed by atoms with van der Waals surface area (Å²) in [5.41, 5.74) is -1.80. The summed E-state index contributed by atoms with van der Waals surface area (Å²) in [6.07, 6.45) is -18.0. The number of amides is 2. The molecule has 0 radical (unpaired) electrons. The van der Waals surface area contributed by atoms with E-state index in [0.29, 0.717) is 0 Å². The summed E-state index contributed by atoms with van der Waals surface area (Å²) in [5.74, 6) is -7.69. The van der Waals surface area contributed by atoms with Gasteiger partial charge in [-0.05, 0) is 48.0 Å². The van der Waals surface area contributed by atoms with Crippen LogP contribution in [0.3, 0.4) is 0 Å². The molecule has 0 aromatic heterocycles. The van der Waals surface area contributed by atoms with Crippen molar-refractivity contribution in [2.24, 2.45) is 0 Å². The van der Waals surface area contributed by atoms with Crippen LogP contribution in [0.15, 0.2) is 0 Å². The molecule has 0 unspecified atom stereocenters. The van der Waals surface area contributed by atoms with Gasteiger partial charge in [-0.2, -0.15) is 0 Å². The Kier molecular flexibility index (Phi) is 22.3. The van der Waals surface area contributed by atoms with Crippen molar-refractivity contribution in [2.75, 3.05) is 26.4 Å². The zero-order valence-corrected chi connectivity index (χ0v) is 40.0. The Labute approximate surface area is 387 Å². The molecule has 2 fully saturated rings. The molecular formula is C42H64N2O23. The number of ether oxygens (including phenoxy) is 13.